The molecule has 0 nitrogen and oxygen atoms in total. The summed E-state index contributed by atoms with van der Waals surface area (Å²) < 4.78 is 0. The van der Waals surface area contributed by atoms with Crippen molar-refractivity contribution in [2.75, 3.05) is 0 Å². The van der Waals surface area contributed by atoms with E-state index in [1.165, 1.54) is 93.5 Å². The Morgan fingerprint density at radius 1 is 0.800 bits per heavy atom. The van der Waals surface area contributed by atoms with Gasteiger partial charge in [0.15, 0.2) is 0 Å². The second-order valence-electron chi connectivity index (χ2n) is 12.7. The molecule has 1 unspecified atom stereocenters. The van der Waals surface area contributed by atoms with Crippen molar-refractivity contribution < 1.29 is 20.8 Å². The van der Waals surface area contributed by atoms with E-state index in [-0.39, 0.29) is 0 Å². The molecule has 6 rings (SSSR count). The van der Waals surface area contributed by atoms with Crippen molar-refractivity contribution in [2.45, 2.75) is 110 Å². The number of hydrogen-bond donors (Lipinski definition) is 0. The third kappa shape index (κ3) is 10.8. The number of aryl methyl sites for hydroxylation is 1. The van der Waals surface area contributed by atoms with Crippen molar-refractivity contribution in [3.05, 3.63) is 107 Å². The van der Waals surface area contributed by atoms with Crippen molar-refractivity contribution in [1.82, 2.24) is 0 Å². The van der Waals surface area contributed by atoms with Crippen molar-refractivity contribution in [3.63, 3.8) is 0 Å². The van der Waals surface area contributed by atoms with Crippen LogP contribution in [0.15, 0.2) is 84.9 Å². The van der Waals surface area contributed by atoms with Crippen LogP contribution in [-0.4, -0.2) is 9.52 Å². The molecule has 1 aliphatic carbocycles. The molecule has 0 N–H and O–H groups in total. The van der Waals surface area contributed by atoms with Gasteiger partial charge < -0.3 is 0 Å². The quantitative estimate of drug-likeness (QED) is 0.120. The Kier molecular flexibility index (Phi) is 16.9. The molecule has 2 radical (unpaired) electrons. The average molecular weight is 735 g/mol. The van der Waals surface area contributed by atoms with E-state index in [1.54, 1.807) is 0 Å². The Bertz CT molecular complexity index is 1540. The number of hydrogen-bond acceptors (Lipinski definition) is 0. The first-order valence-electron chi connectivity index (χ1n) is 16.8. The Hall–Kier alpha value is -1.44. The van der Waals surface area contributed by atoms with Gasteiger partial charge in [0.05, 0.1) is 0 Å². The molecule has 0 aliphatic heterocycles. The summed E-state index contributed by atoms with van der Waals surface area (Å²) in [7, 11) is 11.0. The summed E-state index contributed by atoms with van der Waals surface area (Å²) in [6.45, 7) is 15.6. The first-order valence-corrected chi connectivity index (χ1v) is 25.2. The molecule has 1 aliphatic rings. The van der Waals surface area contributed by atoms with Crippen LogP contribution >= 0.6 is 17.0 Å². The second kappa shape index (κ2) is 20.0. The Balaban J connectivity index is 0.000000219. The molecule has 0 aromatic heterocycles. The topological polar surface area (TPSA) is 0 Å². The number of halogens is 2. The summed E-state index contributed by atoms with van der Waals surface area (Å²) in [6.07, 6.45) is 9.29. The number of benzene rings is 3. The molecule has 0 amide bonds. The molecule has 238 valence electrons. The minimum absolute atomic E-state index is 0.622. The van der Waals surface area contributed by atoms with E-state index in [2.05, 4.69) is 133 Å². The van der Waals surface area contributed by atoms with Gasteiger partial charge in [0.25, 0.3) is 0 Å². The molecule has 1 saturated carbocycles. The predicted molar refractivity (Wildman–Crippen MR) is 202 cm³/mol. The monoisotopic (exact) mass is 732 g/mol. The van der Waals surface area contributed by atoms with Crippen molar-refractivity contribution in [3.8, 4) is 11.1 Å². The summed E-state index contributed by atoms with van der Waals surface area (Å²) in [6, 6.07) is 32.2. The number of fused-ring (bicyclic) bond motifs is 2. The van der Waals surface area contributed by atoms with E-state index >= 15 is 0 Å². The van der Waals surface area contributed by atoms with Crippen LogP contribution in [0.4, 0.5) is 0 Å². The fourth-order valence-corrected chi connectivity index (χ4v) is 6.39. The maximum atomic E-state index is 4.93. The zero-order valence-electron chi connectivity index (χ0n) is 28.5. The van der Waals surface area contributed by atoms with Gasteiger partial charge in [-0.2, -0.15) is 12.1 Å². The first kappa shape index (κ1) is 38.0. The molecule has 0 heterocycles. The Morgan fingerprint density at radius 3 is 1.98 bits per heavy atom. The molecule has 1 fully saturated rings. The standard InChI is InChI=1S/C23H25.C16H21.C2H6Si.2ClH.Zr/c1-2-17-15-21-9-6-10-22(23(21)16-17)20-13-11-19(12-14-20)18-7-4-3-5-8-18;1-5-12(4)15-8-6-7-13-9-14(11(2)3)10-16(13)15;1-3-2;;;/h6,9-16,18H,2-5,7-8H2,1H3;6-12H,5H2,1-4H3;1-2H3;2*1H;/q2*-1;;;;+4/p-2. The van der Waals surface area contributed by atoms with Gasteiger partial charge >= 0.3 is 37.9 Å². The third-order valence-electron chi connectivity index (χ3n) is 9.13. The van der Waals surface area contributed by atoms with Crippen LogP contribution in [0.25, 0.3) is 32.7 Å². The summed E-state index contributed by atoms with van der Waals surface area (Å²) >= 11 is -0.826. The van der Waals surface area contributed by atoms with Crippen LogP contribution in [0.5, 0.6) is 0 Å². The molecule has 5 aromatic carbocycles. The average Bonchev–Trinajstić information content (AvgIpc) is 3.71. The zero-order chi connectivity index (χ0) is 32.8. The Labute approximate surface area is 295 Å². The van der Waals surface area contributed by atoms with Gasteiger partial charge in [0, 0.05) is 9.52 Å². The van der Waals surface area contributed by atoms with E-state index in [1.807, 2.05) is 0 Å². The summed E-state index contributed by atoms with van der Waals surface area (Å²) in [5, 5.41) is 5.63. The zero-order valence-corrected chi connectivity index (χ0v) is 33.5. The van der Waals surface area contributed by atoms with Gasteiger partial charge in [-0.05, 0) is 48.1 Å². The minimum atomic E-state index is -0.826. The van der Waals surface area contributed by atoms with E-state index in [9.17, 15) is 0 Å². The summed E-state index contributed by atoms with van der Waals surface area (Å²) in [4.78, 5) is 0. The van der Waals surface area contributed by atoms with E-state index in [4.69, 9.17) is 17.0 Å². The van der Waals surface area contributed by atoms with Crippen LogP contribution in [0.3, 0.4) is 0 Å². The van der Waals surface area contributed by atoms with E-state index in [0.29, 0.717) is 11.8 Å². The molecule has 0 spiro atoms. The van der Waals surface area contributed by atoms with Crippen LogP contribution in [0.1, 0.15) is 113 Å². The van der Waals surface area contributed by atoms with Crippen LogP contribution in [-0.2, 0) is 27.3 Å². The van der Waals surface area contributed by atoms with Gasteiger partial charge in [-0.15, -0.1) is 69.1 Å². The third-order valence-corrected chi connectivity index (χ3v) is 9.13. The second-order valence-corrected chi connectivity index (χ2v) is 17.4. The first-order chi connectivity index (χ1) is 21.8. The number of rotatable bonds is 6. The van der Waals surface area contributed by atoms with Gasteiger partial charge in [-0.25, -0.2) is 0 Å². The van der Waals surface area contributed by atoms with Crippen molar-refractivity contribution in [2.24, 2.45) is 0 Å². The van der Waals surface area contributed by atoms with Gasteiger partial charge in [-0.3, -0.25) is 0 Å². The molecule has 0 bridgehead atoms. The fraction of sp³-hybridized carbons (Fsp3) is 0.415. The van der Waals surface area contributed by atoms with Crippen molar-refractivity contribution >= 4 is 48.1 Å². The summed E-state index contributed by atoms with van der Waals surface area (Å²) in [5.41, 5.74) is 8.67. The van der Waals surface area contributed by atoms with Gasteiger partial charge in [0.1, 0.15) is 0 Å². The molecule has 5 aromatic rings. The molecule has 4 heteroatoms. The van der Waals surface area contributed by atoms with Gasteiger partial charge in [0.2, 0.25) is 0 Å². The van der Waals surface area contributed by atoms with E-state index < -0.39 is 20.8 Å². The Morgan fingerprint density at radius 2 is 1.40 bits per heavy atom. The van der Waals surface area contributed by atoms with Crippen LogP contribution in [0, 0.1) is 0 Å². The fourth-order valence-electron chi connectivity index (χ4n) is 6.39. The molecule has 1 atom stereocenters. The molecular weight excluding hydrogens is 683 g/mol. The maximum absolute atomic E-state index is 4.93. The molecule has 45 heavy (non-hydrogen) atoms. The molecular formula is C41H52Cl2SiZr. The summed E-state index contributed by atoms with van der Waals surface area (Å²) in [5.74, 6) is 2.07. The van der Waals surface area contributed by atoms with Gasteiger partial charge in [-0.1, -0.05) is 121 Å². The molecule has 0 saturated heterocycles. The predicted octanol–water partition coefficient (Wildman–Crippen LogP) is 14.2. The van der Waals surface area contributed by atoms with Crippen LogP contribution in [0.2, 0.25) is 13.1 Å². The van der Waals surface area contributed by atoms with Crippen molar-refractivity contribution in [1.29, 1.82) is 0 Å². The SMILES string of the molecule is CCC(C)c1cccc2[cH-]c(C(C)C)cc12.CCc1cc2c(-c3ccc(C4CCCCC4)cc3)cccc2[cH-]1.C[Si]C.[Cl][Zr+2][Cl]. The van der Waals surface area contributed by atoms with Crippen LogP contribution < -0.4 is 0 Å². The van der Waals surface area contributed by atoms with E-state index in [0.717, 1.165) is 21.9 Å². The normalized spacial score (nSPS) is 13.6.